The first kappa shape index (κ1) is 19.3. The van der Waals surface area contributed by atoms with Crippen molar-refractivity contribution in [3.05, 3.63) is 42.4 Å². The molecule has 0 aliphatic heterocycles. The van der Waals surface area contributed by atoms with Gasteiger partial charge in [-0.1, -0.05) is 0 Å². The van der Waals surface area contributed by atoms with E-state index in [0.717, 1.165) is 43.5 Å². The van der Waals surface area contributed by atoms with Crippen LogP contribution in [0.3, 0.4) is 0 Å². The van der Waals surface area contributed by atoms with Crippen LogP contribution < -0.4 is 5.32 Å². The quantitative estimate of drug-likeness (QED) is 0.678. The largest absolute Gasteiger partial charge is 0.465 e. The second kappa shape index (κ2) is 7.41. The predicted octanol–water partition coefficient (Wildman–Crippen LogP) is 4.24. The smallest absolute Gasteiger partial charge is 0.419 e. The highest BCUT2D eigenvalue weighted by atomic mass is 19.4. The van der Waals surface area contributed by atoms with Gasteiger partial charge in [-0.25, -0.2) is 9.48 Å². The first-order valence-electron chi connectivity index (χ1n) is 9.37. The normalized spacial score (nSPS) is 20.1. The van der Waals surface area contributed by atoms with Crippen molar-refractivity contribution in [3.8, 4) is 5.69 Å². The van der Waals surface area contributed by atoms with Crippen LogP contribution in [-0.4, -0.2) is 37.3 Å². The molecule has 0 saturated heterocycles. The summed E-state index contributed by atoms with van der Waals surface area (Å²) in [5, 5.41) is 20.5. The van der Waals surface area contributed by atoms with Crippen LogP contribution in [0.4, 0.5) is 18.0 Å². The SMILES string of the molecule is O=C(O)NCC1CCC(n2cc3ccc(-n4cc(C(F)(F)F)cn4)cc3n2)CC1. The summed E-state index contributed by atoms with van der Waals surface area (Å²) in [6.07, 6.45) is 1.93. The molecule has 7 nitrogen and oxygen atoms in total. The van der Waals surface area contributed by atoms with Gasteiger partial charge < -0.3 is 10.4 Å². The van der Waals surface area contributed by atoms with Gasteiger partial charge >= 0.3 is 12.3 Å². The fourth-order valence-corrected chi connectivity index (χ4v) is 3.81. The lowest BCUT2D eigenvalue weighted by atomic mass is 9.86. The van der Waals surface area contributed by atoms with Gasteiger partial charge in [0.25, 0.3) is 0 Å². The number of carboxylic acid groups (broad SMARTS) is 1. The lowest BCUT2D eigenvalue weighted by molar-refractivity contribution is -0.137. The molecule has 154 valence electrons. The zero-order valence-electron chi connectivity index (χ0n) is 15.4. The fraction of sp³-hybridized carbons (Fsp3) is 0.421. The van der Waals surface area contributed by atoms with Gasteiger partial charge in [-0.2, -0.15) is 23.4 Å². The van der Waals surface area contributed by atoms with E-state index in [1.165, 1.54) is 4.68 Å². The monoisotopic (exact) mass is 407 g/mol. The number of fused-ring (bicyclic) bond motifs is 1. The summed E-state index contributed by atoms with van der Waals surface area (Å²) in [6.45, 7) is 0.469. The molecule has 2 heterocycles. The van der Waals surface area contributed by atoms with Crippen LogP contribution in [0.2, 0.25) is 0 Å². The van der Waals surface area contributed by atoms with E-state index in [1.54, 1.807) is 12.1 Å². The van der Waals surface area contributed by atoms with Gasteiger partial charge in [0.1, 0.15) is 0 Å². The first-order valence-corrected chi connectivity index (χ1v) is 9.37. The maximum Gasteiger partial charge on any atom is 0.419 e. The molecule has 29 heavy (non-hydrogen) atoms. The minimum absolute atomic E-state index is 0.230. The van der Waals surface area contributed by atoms with E-state index in [-0.39, 0.29) is 6.04 Å². The second-order valence-corrected chi connectivity index (χ2v) is 7.38. The van der Waals surface area contributed by atoms with Gasteiger partial charge in [0.2, 0.25) is 0 Å². The highest BCUT2D eigenvalue weighted by molar-refractivity contribution is 5.80. The highest BCUT2D eigenvalue weighted by Crippen LogP contribution is 2.33. The molecule has 1 amide bonds. The lowest BCUT2D eigenvalue weighted by Gasteiger charge is -2.28. The highest BCUT2D eigenvalue weighted by Gasteiger charge is 2.32. The van der Waals surface area contributed by atoms with Gasteiger partial charge in [-0.15, -0.1) is 0 Å². The summed E-state index contributed by atoms with van der Waals surface area (Å²) in [6, 6.07) is 5.50. The van der Waals surface area contributed by atoms with Crippen molar-refractivity contribution in [2.45, 2.75) is 37.9 Å². The third kappa shape index (κ3) is 4.20. The van der Waals surface area contributed by atoms with E-state index in [0.29, 0.717) is 23.7 Å². The number of benzene rings is 1. The number of amides is 1. The summed E-state index contributed by atoms with van der Waals surface area (Å²) >= 11 is 0. The molecule has 10 heteroatoms. The Kier molecular flexibility index (Phi) is 4.93. The molecule has 1 aromatic carbocycles. The maximum atomic E-state index is 12.8. The van der Waals surface area contributed by atoms with Crippen molar-refractivity contribution in [1.82, 2.24) is 24.9 Å². The minimum atomic E-state index is -4.43. The average molecular weight is 407 g/mol. The summed E-state index contributed by atoms with van der Waals surface area (Å²) in [7, 11) is 0. The van der Waals surface area contributed by atoms with Crippen LogP contribution in [0.15, 0.2) is 36.8 Å². The fourth-order valence-electron chi connectivity index (χ4n) is 3.81. The van der Waals surface area contributed by atoms with Crippen LogP contribution in [0.5, 0.6) is 0 Å². The number of nitrogens with one attached hydrogen (secondary N) is 1. The number of rotatable bonds is 4. The van der Waals surface area contributed by atoms with Crippen LogP contribution in [0.1, 0.15) is 37.3 Å². The third-order valence-electron chi connectivity index (χ3n) is 5.42. The van der Waals surface area contributed by atoms with Gasteiger partial charge in [0.15, 0.2) is 0 Å². The zero-order chi connectivity index (χ0) is 20.6. The summed E-state index contributed by atoms with van der Waals surface area (Å²) < 4.78 is 41.5. The Labute approximate surface area is 164 Å². The Morgan fingerprint density at radius 3 is 2.62 bits per heavy atom. The molecular formula is C19H20F3N5O2. The molecule has 0 radical (unpaired) electrons. The van der Waals surface area contributed by atoms with E-state index < -0.39 is 17.8 Å². The molecule has 2 aromatic heterocycles. The molecule has 1 fully saturated rings. The first-order chi connectivity index (χ1) is 13.8. The second-order valence-electron chi connectivity index (χ2n) is 7.38. The molecule has 1 aliphatic rings. The number of alkyl halides is 3. The molecule has 1 saturated carbocycles. The van der Waals surface area contributed by atoms with Gasteiger partial charge in [0.05, 0.1) is 29.0 Å². The average Bonchev–Trinajstić information content (AvgIpc) is 3.33. The van der Waals surface area contributed by atoms with E-state index in [1.807, 2.05) is 16.9 Å². The van der Waals surface area contributed by atoms with Gasteiger partial charge in [-0.3, -0.25) is 4.68 Å². The van der Waals surface area contributed by atoms with Crippen molar-refractivity contribution in [2.24, 2.45) is 5.92 Å². The van der Waals surface area contributed by atoms with Crippen molar-refractivity contribution in [3.63, 3.8) is 0 Å². The Hall–Kier alpha value is -3.04. The molecule has 0 atom stereocenters. The Morgan fingerprint density at radius 1 is 1.21 bits per heavy atom. The van der Waals surface area contributed by atoms with E-state index in [4.69, 9.17) is 5.11 Å². The number of halogens is 3. The van der Waals surface area contributed by atoms with Crippen molar-refractivity contribution < 1.29 is 23.1 Å². The van der Waals surface area contributed by atoms with Crippen LogP contribution in [0, 0.1) is 5.92 Å². The summed E-state index contributed by atoms with van der Waals surface area (Å²) in [4.78, 5) is 10.6. The molecule has 0 spiro atoms. The van der Waals surface area contributed by atoms with Crippen molar-refractivity contribution in [2.75, 3.05) is 6.54 Å². The summed E-state index contributed by atoms with van der Waals surface area (Å²) in [5.41, 5.74) is 0.417. The lowest BCUT2D eigenvalue weighted by Crippen LogP contribution is -2.30. The molecule has 0 unspecified atom stereocenters. The van der Waals surface area contributed by atoms with E-state index in [9.17, 15) is 18.0 Å². The van der Waals surface area contributed by atoms with Crippen molar-refractivity contribution in [1.29, 1.82) is 0 Å². The van der Waals surface area contributed by atoms with E-state index in [2.05, 4.69) is 15.5 Å². The number of hydrogen-bond donors (Lipinski definition) is 2. The molecule has 0 bridgehead atoms. The molecule has 3 aromatic rings. The molecule has 4 rings (SSSR count). The zero-order valence-corrected chi connectivity index (χ0v) is 15.4. The molecular weight excluding hydrogens is 387 g/mol. The Bertz CT molecular complexity index is 1020. The number of aromatic nitrogens is 4. The Balaban J connectivity index is 1.48. The van der Waals surface area contributed by atoms with Crippen molar-refractivity contribution >= 4 is 17.0 Å². The summed E-state index contributed by atoms with van der Waals surface area (Å²) in [5.74, 6) is 0.335. The molecule has 1 aliphatic carbocycles. The van der Waals surface area contributed by atoms with Crippen LogP contribution >= 0.6 is 0 Å². The van der Waals surface area contributed by atoms with Gasteiger partial charge in [0, 0.05) is 24.3 Å². The topological polar surface area (TPSA) is 85.0 Å². The Morgan fingerprint density at radius 2 is 1.97 bits per heavy atom. The number of hydrogen-bond acceptors (Lipinski definition) is 3. The maximum absolute atomic E-state index is 12.8. The van der Waals surface area contributed by atoms with E-state index >= 15 is 0 Å². The molecule has 2 N–H and O–H groups in total. The van der Waals surface area contributed by atoms with Crippen LogP contribution in [0.25, 0.3) is 16.6 Å². The third-order valence-corrected chi connectivity index (χ3v) is 5.42. The standard InChI is InChI=1S/C19H20F3N5O2/c20-19(21,22)14-9-24-26(11-14)16-6-3-13-10-27(25-17(13)7-16)15-4-1-12(2-5-15)8-23-18(28)29/h3,6-7,9-12,15,23H,1-2,4-5,8H2,(H,28,29). The number of carbonyl (C=O) groups is 1. The van der Waals surface area contributed by atoms with Crippen LogP contribution in [-0.2, 0) is 6.18 Å². The minimum Gasteiger partial charge on any atom is -0.465 e. The van der Waals surface area contributed by atoms with Gasteiger partial charge in [-0.05, 0) is 49.8 Å². The number of nitrogens with zero attached hydrogens (tertiary/aromatic N) is 4. The predicted molar refractivity (Wildman–Crippen MR) is 98.9 cm³/mol.